The number of amides is 2. The number of anilines is 3. The second-order valence-electron chi connectivity index (χ2n) is 8.98. The summed E-state index contributed by atoms with van der Waals surface area (Å²) in [5.74, 6) is 1.01. The number of nitrogens with one attached hydrogen (secondary N) is 3. The third-order valence-corrected chi connectivity index (χ3v) is 6.26. The number of carbonyl (C=O) groups excluding carboxylic acids is 1. The fourth-order valence-corrected chi connectivity index (χ4v) is 4.27. The summed E-state index contributed by atoms with van der Waals surface area (Å²) < 4.78 is 45.4. The number of piperazine rings is 1. The number of nitrogens with zero attached hydrogens (tertiary/aromatic N) is 2. The summed E-state index contributed by atoms with van der Waals surface area (Å²) in [5.41, 5.74) is 2.07. The van der Waals surface area contributed by atoms with Crippen molar-refractivity contribution < 1.29 is 22.7 Å². The molecule has 0 saturated carbocycles. The predicted molar refractivity (Wildman–Crippen MR) is 139 cm³/mol. The molecule has 1 aromatic heterocycles. The highest BCUT2D eigenvalue weighted by atomic mass is 19.4. The van der Waals surface area contributed by atoms with Crippen molar-refractivity contribution in [3.05, 3.63) is 71.4 Å². The minimum atomic E-state index is -4.50. The standard InChI is InChI=1S/C27H30F3N5O2/c1-4-19-16-32-25(14-24(19)35-12-11-31-15-18(35)3)37-22-9-7-20(8-10-22)33-26(36)34-21-6-5-17(2)23(13-21)27(28,29)30/h5-10,13-14,16,18,31H,4,11-12,15H2,1-3H3,(H2,33,34,36)/t18-/m0/s1. The van der Waals surface area contributed by atoms with Gasteiger partial charge in [-0.15, -0.1) is 0 Å². The van der Waals surface area contributed by atoms with E-state index in [9.17, 15) is 18.0 Å². The Morgan fingerprint density at radius 2 is 1.84 bits per heavy atom. The molecule has 0 bridgehead atoms. The zero-order chi connectivity index (χ0) is 26.6. The third-order valence-electron chi connectivity index (χ3n) is 6.26. The molecule has 1 saturated heterocycles. The number of ether oxygens (including phenoxy) is 1. The minimum Gasteiger partial charge on any atom is -0.439 e. The van der Waals surface area contributed by atoms with Gasteiger partial charge in [-0.3, -0.25) is 0 Å². The number of benzene rings is 2. The first-order valence-corrected chi connectivity index (χ1v) is 12.1. The maximum absolute atomic E-state index is 13.1. The largest absolute Gasteiger partial charge is 0.439 e. The van der Waals surface area contributed by atoms with Crippen LogP contribution in [0.2, 0.25) is 0 Å². The number of hydrogen-bond donors (Lipinski definition) is 3. The number of rotatable bonds is 6. The van der Waals surface area contributed by atoms with Gasteiger partial charge >= 0.3 is 12.2 Å². The summed E-state index contributed by atoms with van der Waals surface area (Å²) in [6.45, 7) is 8.39. The second-order valence-corrected chi connectivity index (χ2v) is 8.98. The maximum Gasteiger partial charge on any atom is 0.416 e. The Labute approximate surface area is 214 Å². The number of aryl methyl sites for hydroxylation is 2. The predicted octanol–water partition coefficient (Wildman–Crippen LogP) is 6.21. The van der Waals surface area contributed by atoms with E-state index in [2.05, 4.69) is 39.7 Å². The van der Waals surface area contributed by atoms with E-state index in [0.717, 1.165) is 43.4 Å². The van der Waals surface area contributed by atoms with Crippen LogP contribution in [0.25, 0.3) is 0 Å². The third kappa shape index (κ3) is 6.51. The molecule has 3 N–H and O–H groups in total. The molecule has 0 unspecified atom stereocenters. The average Bonchev–Trinajstić information content (AvgIpc) is 2.86. The number of pyridine rings is 1. The van der Waals surface area contributed by atoms with E-state index in [4.69, 9.17) is 4.74 Å². The number of carbonyl (C=O) groups is 1. The van der Waals surface area contributed by atoms with Gasteiger partial charge in [0.05, 0.1) is 5.56 Å². The van der Waals surface area contributed by atoms with Crippen LogP contribution in [-0.4, -0.2) is 36.7 Å². The van der Waals surface area contributed by atoms with Crippen LogP contribution in [0.1, 0.15) is 30.5 Å². The average molecular weight is 514 g/mol. The summed E-state index contributed by atoms with van der Waals surface area (Å²) in [5, 5.41) is 8.45. The van der Waals surface area contributed by atoms with Crippen molar-refractivity contribution in [1.29, 1.82) is 0 Å². The minimum absolute atomic E-state index is 0.0478. The van der Waals surface area contributed by atoms with Gasteiger partial charge in [0.2, 0.25) is 5.88 Å². The first kappa shape index (κ1) is 26.3. The Bertz CT molecular complexity index is 1250. The van der Waals surface area contributed by atoms with Crippen LogP contribution in [-0.2, 0) is 12.6 Å². The number of hydrogen-bond acceptors (Lipinski definition) is 5. The van der Waals surface area contributed by atoms with E-state index in [1.165, 1.54) is 19.1 Å². The van der Waals surface area contributed by atoms with Crippen molar-refractivity contribution in [2.24, 2.45) is 0 Å². The molecule has 0 aliphatic carbocycles. The highest BCUT2D eigenvalue weighted by molar-refractivity contribution is 5.99. The Morgan fingerprint density at radius 1 is 1.14 bits per heavy atom. The Hall–Kier alpha value is -3.79. The van der Waals surface area contributed by atoms with Crippen molar-refractivity contribution >= 4 is 23.1 Å². The van der Waals surface area contributed by atoms with Crippen LogP contribution in [0.3, 0.4) is 0 Å². The zero-order valence-electron chi connectivity index (χ0n) is 20.9. The molecule has 37 heavy (non-hydrogen) atoms. The van der Waals surface area contributed by atoms with Crippen molar-refractivity contribution in [3.8, 4) is 11.6 Å². The van der Waals surface area contributed by atoms with Gasteiger partial charge in [0.25, 0.3) is 0 Å². The van der Waals surface area contributed by atoms with Crippen LogP contribution in [0.4, 0.5) is 35.0 Å². The van der Waals surface area contributed by atoms with Gasteiger partial charge < -0.3 is 25.6 Å². The van der Waals surface area contributed by atoms with E-state index < -0.39 is 17.8 Å². The van der Waals surface area contributed by atoms with E-state index >= 15 is 0 Å². The summed E-state index contributed by atoms with van der Waals surface area (Å²) in [4.78, 5) is 19.1. The van der Waals surface area contributed by atoms with Crippen molar-refractivity contribution in [2.75, 3.05) is 35.2 Å². The van der Waals surface area contributed by atoms with Crippen LogP contribution in [0, 0.1) is 6.92 Å². The summed E-state index contributed by atoms with van der Waals surface area (Å²) >= 11 is 0. The first-order chi connectivity index (χ1) is 17.6. The lowest BCUT2D eigenvalue weighted by atomic mass is 10.1. The topological polar surface area (TPSA) is 78.5 Å². The highest BCUT2D eigenvalue weighted by Gasteiger charge is 2.32. The number of urea groups is 1. The molecule has 2 heterocycles. The lowest BCUT2D eigenvalue weighted by Gasteiger charge is -2.37. The van der Waals surface area contributed by atoms with Crippen LogP contribution >= 0.6 is 0 Å². The molecular weight excluding hydrogens is 483 g/mol. The van der Waals surface area contributed by atoms with Crippen molar-refractivity contribution in [1.82, 2.24) is 10.3 Å². The van der Waals surface area contributed by atoms with Gasteiger partial charge in [-0.2, -0.15) is 13.2 Å². The van der Waals surface area contributed by atoms with Gasteiger partial charge in [-0.25, -0.2) is 9.78 Å². The second kappa shape index (κ2) is 11.1. The first-order valence-electron chi connectivity index (χ1n) is 12.1. The normalized spacial score (nSPS) is 15.8. The van der Waals surface area contributed by atoms with Crippen molar-refractivity contribution in [3.63, 3.8) is 0 Å². The molecule has 2 amide bonds. The SMILES string of the molecule is CCc1cnc(Oc2ccc(NC(=O)Nc3ccc(C)c(C(F)(F)F)c3)cc2)cc1N1CCNC[C@@H]1C. The molecule has 0 spiro atoms. The molecule has 10 heteroatoms. The zero-order valence-corrected chi connectivity index (χ0v) is 20.9. The lowest BCUT2D eigenvalue weighted by Crippen LogP contribution is -2.50. The summed E-state index contributed by atoms with van der Waals surface area (Å²) in [7, 11) is 0. The molecule has 4 rings (SSSR count). The Balaban J connectivity index is 1.40. The molecule has 7 nitrogen and oxygen atoms in total. The molecule has 1 atom stereocenters. The highest BCUT2D eigenvalue weighted by Crippen LogP contribution is 2.34. The Morgan fingerprint density at radius 3 is 2.51 bits per heavy atom. The fraction of sp³-hybridized carbons (Fsp3) is 0.333. The quantitative estimate of drug-likeness (QED) is 0.366. The van der Waals surface area contributed by atoms with Crippen LogP contribution in [0.15, 0.2) is 54.7 Å². The molecule has 2 aromatic carbocycles. The van der Waals surface area contributed by atoms with E-state index in [-0.39, 0.29) is 11.3 Å². The molecule has 3 aromatic rings. The molecule has 1 fully saturated rings. The van der Waals surface area contributed by atoms with E-state index in [1.54, 1.807) is 24.3 Å². The smallest absolute Gasteiger partial charge is 0.416 e. The number of alkyl halides is 3. The van der Waals surface area contributed by atoms with Crippen LogP contribution in [0.5, 0.6) is 11.6 Å². The van der Waals surface area contributed by atoms with E-state index in [0.29, 0.717) is 23.4 Å². The molecule has 196 valence electrons. The van der Waals surface area contributed by atoms with E-state index in [1.807, 2.05) is 12.3 Å². The molecule has 0 radical (unpaired) electrons. The molecular formula is C27H30F3N5O2. The molecule has 1 aliphatic rings. The lowest BCUT2D eigenvalue weighted by molar-refractivity contribution is -0.138. The maximum atomic E-state index is 13.1. The number of halogens is 3. The summed E-state index contributed by atoms with van der Waals surface area (Å²) in [6.07, 6.45) is -1.79. The Kier molecular flexibility index (Phi) is 7.87. The van der Waals surface area contributed by atoms with Gasteiger partial charge in [-0.05, 0) is 67.8 Å². The van der Waals surface area contributed by atoms with Crippen LogP contribution < -0.4 is 25.6 Å². The summed E-state index contributed by atoms with van der Waals surface area (Å²) in [6, 6.07) is 12.0. The number of aromatic nitrogens is 1. The van der Waals surface area contributed by atoms with Gasteiger partial charge in [0.15, 0.2) is 0 Å². The fourth-order valence-electron chi connectivity index (χ4n) is 4.27. The van der Waals surface area contributed by atoms with Gasteiger partial charge in [-0.1, -0.05) is 13.0 Å². The molecule has 1 aliphatic heterocycles. The monoisotopic (exact) mass is 513 g/mol. The van der Waals surface area contributed by atoms with Crippen molar-refractivity contribution in [2.45, 2.75) is 39.4 Å². The van der Waals surface area contributed by atoms with Gasteiger partial charge in [0, 0.05) is 55.0 Å². The van der Waals surface area contributed by atoms with Gasteiger partial charge in [0.1, 0.15) is 5.75 Å².